The Labute approximate surface area is 90.6 Å². The number of rotatable bonds is 3. The minimum atomic E-state index is -5.19. The first-order valence-corrected chi connectivity index (χ1v) is 3.97. The molecular weight excluding hydrogens is 253 g/mol. The molecule has 0 aromatic carbocycles. The van der Waals surface area contributed by atoms with Crippen molar-refractivity contribution in [3.63, 3.8) is 0 Å². The van der Waals surface area contributed by atoms with Gasteiger partial charge in [-0.25, -0.2) is 13.8 Å². The summed E-state index contributed by atoms with van der Waals surface area (Å²) in [7, 11) is 0. The van der Waals surface area contributed by atoms with Gasteiger partial charge in [0.15, 0.2) is 12.0 Å². The molecule has 94 valence electrons. The van der Waals surface area contributed by atoms with Crippen LogP contribution < -0.4 is 4.74 Å². The topological polar surface area (TPSA) is 59.4 Å². The van der Waals surface area contributed by atoms with E-state index in [1.54, 1.807) is 0 Å². The van der Waals surface area contributed by atoms with E-state index in [9.17, 15) is 26.7 Å². The highest BCUT2D eigenvalue weighted by molar-refractivity contribution is 5.78. The molecule has 0 atom stereocenters. The fourth-order valence-corrected chi connectivity index (χ4v) is 1.02. The molecule has 0 aliphatic rings. The van der Waals surface area contributed by atoms with E-state index in [0.29, 0.717) is 6.20 Å². The van der Waals surface area contributed by atoms with Crippen molar-refractivity contribution in [1.29, 1.82) is 0 Å². The van der Waals surface area contributed by atoms with Gasteiger partial charge in [0.05, 0.1) is 5.56 Å². The maximum atomic E-state index is 12.4. The monoisotopic (exact) mass is 257 g/mol. The Morgan fingerprint density at radius 2 is 2.00 bits per heavy atom. The molecule has 0 fully saturated rings. The summed E-state index contributed by atoms with van der Waals surface area (Å²) < 4.78 is 63.4. The number of alkyl halides is 5. The molecule has 9 heteroatoms. The van der Waals surface area contributed by atoms with E-state index >= 15 is 0 Å². The quantitative estimate of drug-likeness (QED) is 0.667. The van der Waals surface area contributed by atoms with E-state index in [-0.39, 0.29) is 6.29 Å². The molecule has 1 rings (SSSR count). The van der Waals surface area contributed by atoms with Gasteiger partial charge >= 0.3 is 6.36 Å². The molecule has 0 radical (unpaired) electrons. The summed E-state index contributed by atoms with van der Waals surface area (Å²) in [6, 6.07) is 0. The number of ether oxygens (including phenoxy) is 1. The van der Waals surface area contributed by atoms with Gasteiger partial charge in [0.25, 0.3) is 12.3 Å². The van der Waals surface area contributed by atoms with Gasteiger partial charge in [-0.3, -0.25) is 4.79 Å². The third kappa shape index (κ3) is 3.02. The van der Waals surface area contributed by atoms with Crippen molar-refractivity contribution in [2.75, 3.05) is 0 Å². The Bertz CT molecular complexity index is 432. The van der Waals surface area contributed by atoms with Crippen molar-refractivity contribution in [3.8, 4) is 11.6 Å². The number of hydrogen-bond donors (Lipinski definition) is 1. The maximum absolute atomic E-state index is 12.4. The molecule has 0 saturated carbocycles. The molecule has 0 saturated heterocycles. The standard InChI is InChI=1S/C8H4F5NO3/c9-6(10)4-3(2-15)1-14-7(5(4)16)17-8(11,12)13/h1-2,6,16H. The number of nitrogens with zero attached hydrogens (tertiary/aromatic N) is 1. The van der Waals surface area contributed by atoms with Gasteiger partial charge in [-0.05, 0) is 0 Å². The van der Waals surface area contributed by atoms with Crippen molar-refractivity contribution >= 4 is 6.29 Å². The Hall–Kier alpha value is -1.93. The van der Waals surface area contributed by atoms with Crippen molar-refractivity contribution in [2.24, 2.45) is 0 Å². The van der Waals surface area contributed by atoms with Gasteiger partial charge < -0.3 is 9.84 Å². The van der Waals surface area contributed by atoms with Gasteiger partial charge in [-0.2, -0.15) is 0 Å². The summed E-state index contributed by atoms with van der Waals surface area (Å²) in [5, 5.41) is 9.11. The van der Waals surface area contributed by atoms with Crippen molar-refractivity contribution < 1.29 is 36.6 Å². The van der Waals surface area contributed by atoms with Gasteiger partial charge in [0.1, 0.15) is 0 Å². The minimum Gasteiger partial charge on any atom is -0.503 e. The van der Waals surface area contributed by atoms with Crippen molar-refractivity contribution in [2.45, 2.75) is 12.8 Å². The number of carbonyl (C=O) groups is 1. The van der Waals surface area contributed by atoms with Crippen LogP contribution in [-0.4, -0.2) is 22.7 Å². The number of carbonyl (C=O) groups excluding carboxylic acids is 1. The lowest BCUT2D eigenvalue weighted by Gasteiger charge is -2.12. The molecule has 17 heavy (non-hydrogen) atoms. The van der Waals surface area contributed by atoms with Crippen LogP contribution in [0.5, 0.6) is 11.6 Å². The van der Waals surface area contributed by atoms with Gasteiger partial charge in [0.2, 0.25) is 0 Å². The second kappa shape index (κ2) is 4.52. The fourth-order valence-electron chi connectivity index (χ4n) is 1.02. The molecule has 1 aromatic heterocycles. The lowest BCUT2D eigenvalue weighted by atomic mass is 10.1. The minimum absolute atomic E-state index is 0.0639. The third-order valence-electron chi connectivity index (χ3n) is 1.65. The molecule has 4 nitrogen and oxygen atoms in total. The molecule has 0 unspecified atom stereocenters. The van der Waals surface area contributed by atoms with Crippen LogP contribution in [0.2, 0.25) is 0 Å². The van der Waals surface area contributed by atoms with Crippen LogP contribution in [-0.2, 0) is 0 Å². The lowest BCUT2D eigenvalue weighted by molar-refractivity contribution is -0.276. The predicted octanol–water partition coefficient (Wildman–Crippen LogP) is 2.44. The highest BCUT2D eigenvalue weighted by Crippen LogP contribution is 2.38. The fraction of sp³-hybridized carbons (Fsp3) is 0.250. The van der Waals surface area contributed by atoms with Crippen LogP contribution in [0.3, 0.4) is 0 Å². The highest BCUT2D eigenvalue weighted by atomic mass is 19.4. The Morgan fingerprint density at radius 3 is 2.41 bits per heavy atom. The number of aromatic nitrogens is 1. The molecular formula is C8H4F5NO3. The molecule has 0 spiro atoms. The number of aromatic hydroxyl groups is 1. The zero-order valence-electron chi connectivity index (χ0n) is 7.83. The zero-order valence-corrected chi connectivity index (χ0v) is 7.83. The van der Waals surface area contributed by atoms with E-state index in [4.69, 9.17) is 5.11 Å². The summed E-state index contributed by atoms with van der Waals surface area (Å²) in [6.45, 7) is 0. The Morgan fingerprint density at radius 1 is 1.41 bits per heavy atom. The highest BCUT2D eigenvalue weighted by Gasteiger charge is 2.34. The lowest BCUT2D eigenvalue weighted by Crippen LogP contribution is -2.18. The van der Waals surface area contributed by atoms with Crippen LogP contribution in [0.1, 0.15) is 22.3 Å². The maximum Gasteiger partial charge on any atom is 0.574 e. The average Bonchev–Trinajstić information content (AvgIpc) is 2.18. The summed E-state index contributed by atoms with van der Waals surface area (Å²) in [5.74, 6) is -2.94. The van der Waals surface area contributed by atoms with Crippen LogP contribution in [0.4, 0.5) is 22.0 Å². The SMILES string of the molecule is O=Cc1cnc(OC(F)(F)F)c(O)c1C(F)F. The Kier molecular flexibility index (Phi) is 3.49. The number of halogens is 5. The summed E-state index contributed by atoms with van der Waals surface area (Å²) in [4.78, 5) is 13.3. The number of aldehydes is 1. The first kappa shape index (κ1) is 13.1. The first-order valence-electron chi connectivity index (χ1n) is 3.97. The van der Waals surface area contributed by atoms with E-state index in [1.807, 2.05) is 0 Å². The molecule has 0 aliphatic carbocycles. The largest absolute Gasteiger partial charge is 0.574 e. The van der Waals surface area contributed by atoms with Crippen LogP contribution >= 0.6 is 0 Å². The van der Waals surface area contributed by atoms with Crippen LogP contribution in [0, 0.1) is 0 Å². The molecule has 0 bridgehead atoms. The second-order valence-corrected chi connectivity index (χ2v) is 2.75. The number of pyridine rings is 1. The summed E-state index contributed by atoms with van der Waals surface area (Å²) >= 11 is 0. The van der Waals surface area contributed by atoms with E-state index < -0.39 is 35.5 Å². The molecule has 1 heterocycles. The van der Waals surface area contributed by atoms with Gasteiger partial charge in [0, 0.05) is 11.8 Å². The predicted molar refractivity (Wildman–Crippen MR) is 42.9 cm³/mol. The third-order valence-corrected chi connectivity index (χ3v) is 1.65. The molecule has 0 aliphatic heterocycles. The zero-order chi connectivity index (χ0) is 13.2. The van der Waals surface area contributed by atoms with Crippen LogP contribution in [0.15, 0.2) is 6.20 Å². The smallest absolute Gasteiger partial charge is 0.503 e. The number of hydrogen-bond acceptors (Lipinski definition) is 4. The van der Waals surface area contributed by atoms with Gasteiger partial charge in [-0.1, -0.05) is 0 Å². The molecule has 0 amide bonds. The van der Waals surface area contributed by atoms with E-state index in [0.717, 1.165) is 0 Å². The summed E-state index contributed by atoms with van der Waals surface area (Å²) in [5.41, 5.74) is -1.97. The van der Waals surface area contributed by atoms with E-state index in [1.165, 1.54) is 0 Å². The Balaban J connectivity index is 3.28. The van der Waals surface area contributed by atoms with Gasteiger partial charge in [-0.15, -0.1) is 13.2 Å². The van der Waals surface area contributed by atoms with E-state index in [2.05, 4.69) is 9.72 Å². The second-order valence-electron chi connectivity index (χ2n) is 2.75. The van der Waals surface area contributed by atoms with Crippen molar-refractivity contribution in [1.82, 2.24) is 4.98 Å². The first-order chi connectivity index (χ1) is 7.76. The summed E-state index contributed by atoms with van der Waals surface area (Å²) in [6.07, 6.45) is -8.14. The van der Waals surface area contributed by atoms with Crippen molar-refractivity contribution in [3.05, 3.63) is 17.3 Å². The normalized spacial score (nSPS) is 11.6. The molecule has 1 aromatic rings. The average molecular weight is 257 g/mol. The van der Waals surface area contributed by atoms with Crippen LogP contribution in [0.25, 0.3) is 0 Å². The molecule has 1 N–H and O–H groups in total.